The van der Waals surface area contributed by atoms with Crippen molar-refractivity contribution < 1.29 is 24.2 Å². The fourth-order valence-electron chi connectivity index (χ4n) is 4.36. The highest BCUT2D eigenvalue weighted by atomic mass is 32.1. The zero-order valence-corrected chi connectivity index (χ0v) is 23.0. The minimum atomic E-state index is -0.569. The van der Waals surface area contributed by atoms with Gasteiger partial charge in [-0.25, -0.2) is 9.82 Å². The van der Waals surface area contributed by atoms with E-state index in [1.807, 2.05) is 29.2 Å². The first kappa shape index (κ1) is 29.0. The number of rotatable bonds is 11. The molecular formula is C30H31FN4O4S. The normalized spacial score (nSPS) is 13.1. The highest BCUT2D eigenvalue weighted by Gasteiger charge is 2.21. The lowest BCUT2D eigenvalue weighted by molar-refractivity contribution is 0.0793. The Hall–Kier alpha value is -3.96. The summed E-state index contributed by atoms with van der Waals surface area (Å²) in [5.74, 6) is -1.31. The SMILES string of the molecule is CC(O)CN(Cc1cccc(C(=O)Nc2sc3ccccc3c2C(=O)N/N=C/c2cccc(F)c2)c1)CC(C)O. The third-order valence-electron chi connectivity index (χ3n) is 5.92. The third-order valence-corrected chi connectivity index (χ3v) is 7.00. The van der Waals surface area contributed by atoms with Gasteiger partial charge in [0.05, 0.1) is 24.0 Å². The molecule has 2 unspecified atom stereocenters. The molecule has 2 amide bonds. The molecule has 1 heterocycles. The van der Waals surface area contributed by atoms with Gasteiger partial charge in [0, 0.05) is 35.3 Å². The van der Waals surface area contributed by atoms with Crippen molar-refractivity contribution in [2.75, 3.05) is 18.4 Å². The lowest BCUT2D eigenvalue weighted by atomic mass is 10.1. The second kappa shape index (κ2) is 13.4. The fraction of sp³-hybridized carbons (Fsp3) is 0.233. The Kier molecular flexibility index (Phi) is 9.73. The molecule has 0 aliphatic heterocycles. The van der Waals surface area contributed by atoms with Crippen LogP contribution in [-0.2, 0) is 6.54 Å². The molecule has 0 aliphatic carbocycles. The maximum atomic E-state index is 13.4. The monoisotopic (exact) mass is 562 g/mol. The molecule has 2 atom stereocenters. The average Bonchev–Trinajstić information content (AvgIpc) is 3.26. The van der Waals surface area contributed by atoms with E-state index in [-0.39, 0.29) is 11.5 Å². The van der Waals surface area contributed by atoms with Gasteiger partial charge in [0.2, 0.25) is 0 Å². The van der Waals surface area contributed by atoms with Gasteiger partial charge in [-0.3, -0.25) is 14.5 Å². The highest BCUT2D eigenvalue weighted by Crippen LogP contribution is 2.36. The Balaban J connectivity index is 1.54. The summed E-state index contributed by atoms with van der Waals surface area (Å²) in [7, 11) is 0. The van der Waals surface area contributed by atoms with Crippen LogP contribution in [-0.4, -0.2) is 58.4 Å². The summed E-state index contributed by atoms with van der Waals surface area (Å²) in [6.07, 6.45) is 0.208. The van der Waals surface area contributed by atoms with Crippen molar-refractivity contribution in [3.8, 4) is 0 Å². The first-order valence-corrected chi connectivity index (χ1v) is 13.6. The lowest BCUT2D eigenvalue weighted by Crippen LogP contribution is -2.35. The van der Waals surface area contributed by atoms with Crippen molar-refractivity contribution in [3.63, 3.8) is 0 Å². The minimum absolute atomic E-state index is 0.279. The summed E-state index contributed by atoms with van der Waals surface area (Å²) in [4.78, 5) is 28.4. The van der Waals surface area contributed by atoms with E-state index < -0.39 is 23.9 Å². The van der Waals surface area contributed by atoms with E-state index in [4.69, 9.17) is 0 Å². The number of anilines is 1. The van der Waals surface area contributed by atoms with E-state index in [0.29, 0.717) is 41.1 Å². The van der Waals surface area contributed by atoms with Crippen LogP contribution in [0.1, 0.15) is 45.7 Å². The van der Waals surface area contributed by atoms with Crippen LogP contribution < -0.4 is 10.7 Å². The van der Waals surface area contributed by atoms with Gasteiger partial charge in [0.15, 0.2) is 0 Å². The number of halogens is 1. The second-order valence-corrected chi connectivity index (χ2v) is 10.7. The molecule has 0 fully saturated rings. The van der Waals surface area contributed by atoms with Gasteiger partial charge in [-0.1, -0.05) is 42.5 Å². The van der Waals surface area contributed by atoms with Gasteiger partial charge in [0.25, 0.3) is 11.8 Å². The molecular weight excluding hydrogens is 531 g/mol. The molecule has 0 saturated heterocycles. The second-order valence-electron chi connectivity index (χ2n) is 9.60. The average molecular weight is 563 g/mol. The Morgan fingerprint density at radius 2 is 1.70 bits per heavy atom. The van der Waals surface area contributed by atoms with E-state index in [1.54, 1.807) is 50.2 Å². The van der Waals surface area contributed by atoms with E-state index in [0.717, 1.165) is 10.3 Å². The number of nitrogens with one attached hydrogen (secondary N) is 2. The molecule has 208 valence electrons. The zero-order chi connectivity index (χ0) is 28.6. The van der Waals surface area contributed by atoms with Crippen molar-refractivity contribution in [2.24, 2.45) is 5.10 Å². The molecule has 0 radical (unpaired) electrons. The number of amides is 2. The highest BCUT2D eigenvalue weighted by molar-refractivity contribution is 7.23. The number of carbonyl (C=O) groups excluding carboxylic acids is 2. The molecule has 0 bridgehead atoms. The fourth-order valence-corrected chi connectivity index (χ4v) is 5.46. The first-order chi connectivity index (χ1) is 19.2. The minimum Gasteiger partial charge on any atom is -0.392 e. The Labute approximate surface area is 235 Å². The van der Waals surface area contributed by atoms with Gasteiger partial charge in [0.1, 0.15) is 10.8 Å². The van der Waals surface area contributed by atoms with Crippen LogP contribution in [0.4, 0.5) is 9.39 Å². The maximum Gasteiger partial charge on any atom is 0.275 e. The molecule has 0 spiro atoms. The number of hydrazone groups is 1. The largest absolute Gasteiger partial charge is 0.392 e. The molecule has 4 aromatic rings. The quantitative estimate of drug-likeness (QED) is 0.157. The third kappa shape index (κ3) is 7.80. The van der Waals surface area contributed by atoms with Gasteiger partial charge < -0.3 is 15.5 Å². The van der Waals surface area contributed by atoms with Crippen molar-refractivity contribution in [1.29, 1.82) is 0 Å². The van der Waals surface area contributed by atoms with Crippen molar-refractivity contribution in [2.45, 2.75) is 32.6 Å². The number of hydrogen-bond donors (Lipinski definition) is 4. The van der Waals surface area contributed by atoms with Gasteiger partial charge in [-0.2, -0.15) is 5.10 Å². The predicted molar refractivity (Wildman–Crippen MR) is 156 cm³/mol. The number of hydrogen-bond acceptors (Lipinski definition) is 7. The van der Waals surface area contributed by atoms with Crippen LogP contribution >= 0.6 is 11.3 Å². The van der Waals surface area contributed by atoms with Gasteiger partial charge >= 0.3 is 0 Å². The number of fused-ring (bicyclic) bond motifs is 1. The number of benzene rings is 3. The Morgan fingerprint density at radius 3 is 2.42 bits per heavy atom. The first-order valence-electron chi connectivity index (χ1n) is 12.8. The lowest BCUT2D eigenvalue weighted by Gasteiger charge is -2.25. The summed E-state index contributed by atoms with van der Waals surface area (Å²) in [6.45, 7) is 4.57. The molecule has 1 aromatic heterocycles. The number of aliphatic hydroxyl groups excluding tert-OH is 2. The van der Waals surface area contributed by atoms with Crippen LogP contribution in [0.15, 0.2) is 77.9 Å². The van der Waals surface area contributed by atoms with Crippen LogP contribution in [0.5, 0.6) is 0 Å². The summed E-state index contributed by atoms with van der Waals surface area (Å²) in [5.41, 5.74) is 4.49. The van der Waals surface area contributed by atoms with Gasteiger partial charge in [-0.05, 0) is 55.3 Å². The topological polar surface area (TPSA) is 114 Å². The molecule has 0 saturated carbocycles. The number of carbonyl (C=O) groups is 2. The van der Waals surface area contributed by atoms with E-state index in [1.165, 1.54) is 29.7 Å². The number of thiophene rings is 1. The molecule has 10 heteroatoms. The van der Waals surface area contributed by atoms with E-state index in [2.05, 4.69) is 15.8 Å². The van der Waals surface area contributed by atoms with E-state index >= 15 is 0 Å². The molecule has 4 rings (SSSR count). The Morgan fingerprint density at radius 1 is 0.975 bits per heavy atom. The maximum absolute atomic E-state index is 13.4. The number of aliphatic hydroxyl groups is 2. The van der Waals surface area contributed by atoms with Crippen LogP contribution in [0.2, 0.25) is 0 Å². The molecule has 4 N–H and O–H groups in total. The van der Waals surface area contributed by atoms with Crippen LogP contribution in [0.25, 0.3) is 10.1 Å². The van der Waals surface area contributed by atoms with Crippen LogP contribution in [0.3, 0.4) is 0 Å². The zero-order valence-electron chi connectivity index (χ0n) is 22.2. The Bertz CT molecular complexity index is 1510. The predicted octanol–water partition coefficient (Wildman–Crippen LogP) is 4.62. The molecule has 8 nitrogen and oxygen atoms in total. The van der Waals surface area contributed by atoms with Crippen molar-refractivity contribution >= 4 is 44.5 Å². The summed E-state index contributed by atoms with van der Waals surface area (Å²) in [6, 6.07) is 20.2. The number of nitrogens with zero attached hydrogens (tertiary/aromatic N) is 2. The summed E-state index contributed by atoms with van der Waals surface area (Å²) >= 11 is 1.28. The van der Waals surface area contributed by atoms with Gasteiger partial charge in [-0.15, -0.1) is 11.3 Å². The van der Waals surface area contributed by atoms with Crippen LogP contribution in [0, 0.1) is 5.82 Å². The van der Waals surface area contributed by atoms with Crippen molar-refractivity contribution in [3.05, 3.63) is 101 Å². The summed E-state index contributed by atoms with van der Waals surface area (Å²) in [5, 5.41) is 27.6. The molecule has 3 aromatic carbocycles. The smallest absolute Gasteiger partial charge is 0.275 e. The summed E-state index contributed by atoms with van der Waals surface area (Å²) < 4.78 is 14.3. The van der Waals surface area contributed by atoms with Crippen molar-refractivity contribution in [1.82, 2.24) is 10.3 Å². The molecule has 40 heavy (non-hydrogen) atoms. The standard InChI is InChI=1S/C30H31FN4O4S/c1-19(36)16-35(17-20(2)37)18-22-8-5-9-23(13-22)28(38)33-30-27(25-11-3-4-12-26(25)40-30)29(39)34-32-15-21-7-6-10-24(31)14-21/h3-15,19-20,36-37H,16-18H2,1-2H3,(H,33,38)(H,34,39)/b32-15+. The van der Waals surface area contributed by atoms with E-state index in [9.17, 15) is 24.2 Å². The molecule has 0 aliphatic rings.